The zero-order valence-electron chi connectivity index (χ0n) is 12.5. The minimum absolute atomic E-state index is 0. The van der Waals surface area contributed by atoms with Crippen LogP contribution >= 0.6 is 0 Å². The zero-order valence-corrected chi connectivity index (χ0v) is 12.5. The standard InChI is InChI=1S/C15H29NO3.Na.H/c1-3-4-5-6-7-8-9-10-11-12-14(17)19-15(18)13-16-2;;/h16H,3-13H2,1-2H3;;. The van der Waals surface area contributed by atoms with E-state index < -0.39 is 11.9 Å². The van der Waals surface area contributed by atoms with Crippen molar-refractivity contribution in [3.8, 4) is 0 Å². The van der Waals surface area contributed by atoms with Crippen LogP contribution in [-0.4, -0.2) is 55.1 Å². The second-order valence-corrected chi connectivity index (χ2v) is 4.95. The third kappa shape index (κ3) is 16.2. The molecule has 0 saturated carbocycles. The topological polar surface area (TPSA) is 55.4 Å². The summed E-state index contributed by atoms with van der Waals surface area (Å²) >= 11 is 0. The van der Waals surface area contributed by atoms with Crippen molar-refractivity contribution in [3.63, 3.8) is 0 Å². The van der Waals surface area contributed by atoms with Crippen LogP contribution in [0.25, 0.3) is 0 Å². The summed E-state index contributed by atoms with van der Waals surface area (Å²) < 4.78 is 4.62. The molecule has 0 amide bonds. The molecule has 0 aromatic heterocycles. The van der Waals surface area contributed by atoms with E-state index in [9.17, 15) is 9.59 Å². The Morgan fingerprint density at radius 1 is 0.850 bits per heavy atom. The molecule has 0 bridgehead atoms. The van der Waals surface area contributed by atoms with E-state index in [-0.39, 0.29) is 36.1 Å². The van der Waals surface area contributed by atoms with Gasteiger partial charge < -0.3 is 10.1 Å². The molecule has 0 unspecified atom stereocenters. The van der Waals surface area contributed by atoms with Gasteiger partial charge in [-0.3, -0.25) is 9.59 Å². The van der Waals surface area contributed by atoms with E-state index in [0.717, 1.165) is 12.8 Å². The number of ether oxygens (including phenoxy) is 1. The molecule has 0 spiro atoms. The van der Waals surface area contributed by atoms with Crippen LogP contribution in [0.1, 0.15) is 71.1 Å². The minimum atomic E-state index is -0.497. The van der Waals surface area contributed by atoms with Crippen molar-refractivity contribution >= 4 is 41.5 Å². The van der Waals surface area contributed by atoms with Crippen molar-refractivity contribution in [1.29, 1.82) is 0 Å². The average molecular weight is 295 g/mol. The number of hydrogen-bond acceptors (Lipinski definition) is 4. The van der Waals surface area contributed by atoms with Crippen molar-refractivity contribution in [3.05, 3.63) is 0 Å². The third-order valence-corrected chi connectivity index (χ3v) is 3.03. The predicted molar refractivity (Wildman–Crippen MR) is 84.0 cm³/mol. The van der Waals surface area contributed by atoms with Crippen LogP contribution in [0.5, 0.6) is 0 Å². The summed E-state index contributed by atoms with van der Waals surface area (Å²) in [6.07, 6.45) is 11.2. The first-order valence-corrected chi connectivity index (χ1v) is 7.58. The summed E-state index contributed by atoms with van der Waals surface area (Å²) in [6.45, 7) is 2.31. The van der Waals surface area contributed by atoms with Gasteiger partial charge in [0.15, 0.2) is 0 Å². The fraction of sp³-hybridized carbons (Fsp3) is 0.867. The van der Waals surface area contributed by atoms with E-state index in [2.05, 4.69) is 17.0 Å². The van der Waals surface area contributed by atoms with Gasteiger partial charge in [-0.15, -0.1) is 0 Å². The number of hydrogen-bond donors (Lipinski definition) is 1. The van der Waals surface area contributed by atoms with E-state index in [4.69, 9.17) is 0 Å². The molecule has 114 valence electrons. The van der Waals surface area contributed by atoms with Gasteiger partial charge in [0.1, 0.15) is 0 Å². The van der Waals surface area contributed by atoms with Crippen LogP contribution in [-0.2, 0) is 14.3 Å². The zero-order chi connectivity index (χ0) is 14.3. The molecule has 4 nitrogen and oxygen atoms in total. The molecule has 0 aliphatic rings. The van der Waals surface area contributed by atoms with Gasteiger partial charge in [0.2, 0.25) is 0 Å². The molecule has 0 aromatic rings. The summed E-state index contributed by atoms with van der Waals surface area (Å²) in [6, 6.07) is 0. The first kappa shape index (κ1) is 22.4. The van der Waals surface area contributed by atoms with Crippen LogP contribution in [0.3, 0.4) is 0 Å². The van der Waals surface area contributed by atoms with Gasteiger partial charge in [-0.2, -0.15) is 0 Å². The first-order valence-electron chi connectivity index (χ1n) is 7.58. The van der Waals surface area contributed by atoms with Crippen molar-refractivity contribution < 1.29 is 14.3 Å². The van der Waals surface area contributed by atoms with E-state index in [1.54, 1.807) is 7.05 Å². The summed E-state index contributed by atoms with van der Waals surface area (Å²) in [5, 5.41) is 2.65. The molecule has 5 heteroatoms. The molecule has 0 aliphatic heterocycles. The van der Waals surface area contributed by atoms with Gasteiger partial charge in [0.25, 0.3) is 0 Å². The van der Waals surface area contributed by atoms with Crippen molar-refractivity contribution in [2.24, 2.45) is 0 Å². The van der Waals surface area contributed by atoms with Gasteiger partial charge in [-0.1, -0.05) is 58.3 Å². The molecule has 0 aliphatic carbocycles. The maximum absolute atomic E-state index is 11.3. The number of carbonyl (C=O) groups excluding carboxylic acids is 2. The number of rotatable bonds is 12. The maximum atomic E-state index is 11.3. The molecule has 1 N–H and O–H groups in total. The Balaban J connectivity index is 0. The normalized spacial score (nSPS) is 9.90. The Hall–Kier alpha value is 0.1000. The van der Waals surface area contributed by atoms with Crippen molar-refractivity contribution in [2.75, 3.05) is 13.6 Å². The molecule has 0 saturated heterocycles. The molecular weight excluding hydrogens is 265 g/mol. The first-order chi connectivity index (χ1) is 9.20. The van der Waals surface area contributed by atoms with Crippen LogP contribution in [0.2, 0.25) is 0 Å². The number of esters is 2. The quantitative estimate of drug-likeness (QED) is 0.260. The Kier molecular flexibility index (Phi) is 19.2. The van der Waals surface area contributed by atoms with E-state index in [1.807, 2.05) is 0 Å². The van der Waals surface area contributed by atoms with Crippen molar-refractivity contribution in [2.45, 2.75) is 71.1 Å². The van der Waals surface area contributed by atoms with Gasteiger partial charge in [-0.25, -0.2) is 0 Å². The number of unbranched alkanes of at least 4 members (excludes halogenated alkanes) is 8. The van der Waals surface area contributed by atoms with E-state index in [0.29, 0.717) is 6.42 Å². The molecule has 0 fully saturated rings. The fourth-order valence-electron chi connectivity index (χ4n) is 1.94. The van der Waals surface area contributed by atoms with Gasteiger partial charge in [0.05, 0.1) is 6.54 Å². The SMILES string of the molecule is CCCCCCCCCCCC(=O)OC(=O)CNC.[NaH]. The van der Waals surface area contributed by atoms with Crippen molar-refractivity contribution in [1.82, 2.24) is 5.32 Å². The molecule has 0 heterocycles. The number of likely N-dealkylation sites (N-methyl/N-ethyl adjacent to an activating group) is 1. The molecule has 0 aromatic carbocycles. The summed E-state index contributed by atoms with van der Waals surface area (Å²) in [4.78, 5) is 22.3. The third-order valence-electron chi connectivity index (χ3n) is 3.03. The average Bonchev–Trinajstić information content (AvgIpc) is 2.37. The molecule has 0 atom stereocenters. The van der Waals surface area contributed by atoms with E-state index in [1.165, 1.54) is 44.9 Å². The van der Waals surface area contributed by atoms with Gasteiger partial charge >= 0.3 is 41.5 Å². The van der Waals surface area contributed by atoms with Crippen LogP contribution in [0.15, 0.2) is 0 Å². The predicted octanol–water partition coefficient (Wildman–Crippen LogP) is 2.55. The summed E-state index contributed by atoms with van der Waals surface area (Å²) in [7, 11) is 1.65. The Morgan fingerprint density at radius 3 is 1.85 bits per heavy atom. The monoisotopic (exact) mass is 295 g/mol. The molecular formula is C15H30NNaO3. The number of nitrogens with one attached hydrogen (secondary N) is 1. The summed E-state index contributed by atoms with van der Waals surface area (Å²) in [5.74, 6) is -0.897. The molecule has 20 heavy (non-hydrogen) atoms. The molecule has 0 rings (SSSR count). The number of carbonyl (C=O) groups is 2. The van der Waals surface area contributed by atoms with Crippen LogP contribution in [0, 0.1) is 0 Å². The van der Waals surface area contributed by atoms with Crippen LogP contribution < -0.4 is 5.32 Å². The Bertz CT molecular complexity index is 247. The van der Waals surface area contributed by atoms with Gasteiger partial charge in [-0.05, 0) is 13.5 Å². The second-order valence-electron chi connectivity index (χ2n) is 4.95. The van der Waals surface area contributed by atoms with E-state index >= 15 is 0 Å². The van der Waals surface area contributed by atoms with Crippen LogP contribution in [0.4, 0.5) is 0 Å². The summed E-state index contributed by atoms with van der Waals surface area (Å²) in [5.41, 5.74) is 0. The fourth-order valence-corrected chi connectivity index (χ4v) is 1.94. The molecule has 0 radical (unpaired) electrons. The second kappa shape index (κ2) is 17.2. The Morgan fingerprint density at radius 2 is 1.35 bits per heavy atom. The van der Waals surface area contributed by atoms with Gasteiger partial charge in [0, 0.05) is 6.42 Å². The Labute approximate surface area is 145 Å².